The summed E-state index contributed by atoms with van der Waals surface area (Å²) in [5, 5.41) is 11.0. The van der Waals surface area contributed by atoms with Gasteiger partial charge in [-0.2, -0.15) is 0 Å². The molecule has 0 radical (unpaired) electrons. The summed E-state index contributed by atoms with van der Waals surface area (Å²) in [4.78, 5) is 28.6. The van der Waals surface area contributed by atoms with Crippen LogP contribution in [-0.4, -0.2) is 21.2 Å². The molecule has 0 aliphatic carbocycles. The van der Waals surface area contributed by atoms with Gasteiger partial charge in [0.1, 0.15) is 0 Å². The summed E-state index contributed by atoms with van der Waals surface area (Å²) in [6.07, 6.45) is 3.84. The van der Waals surface area contributed by atoms with Gasteiger partial charge in [-0.15, -0.1) is 0 Å². The third-order valence-electron chi connectivity index (χ3n) is 2.61. The van der Waals surface area contributed by atoms with Gasteiger partial charge in [-0.05, 0) is 18.1 Å². The standard InChI is InChI=1S/C13H11N3O4/c1-2-9-3-4-12(11(5-9)16(18)19)20-13-14-6-10(8-17)7-15-13/h3-8H,2H2,1H3. The Labute approximate surface area is 114 Å². The lowest BCUT2D eigenvalue weighted by atomic mass is 10.1. The van der Waals surface area contributed by atoms with Crippen LogP contribution in [0.15, 0.2) is 30.6 Å². The molecule has 0 N–H and O–H groups in total. The van der Waals surface area contributed by atoms with Crippen LogP contribution in [0.3, 0.4) is 0 Å². The molecule has 0 spiro atoms. The van der Waals surface area contributed by atoms with Crippen LogP contribution >= 0.6 is 0 Å². The van der Waals surface area contributed by atoms with Gasteiger partial charge in [0.25, 0.3) is 0 Å². The first-order chi connectivity index (χ1) is 9.63. The van der Waals surface area contributed by atoms with Gasteiger partial charge in [-0.1, -0.05) is 13.0 Å². The van der Waals surface area contributed by atoms with Gasteiger partial charge < -0.3 is 4.74 Å². The summed E-state index contributed by atoms with van der Waals surface area (Å²) in [6, 6.07) is 4.65. The Morgan fingerprint density at radius 1 is 1.35 bits per heavy atom. The van der Waals surface area contributed by atoms with E-state index in [1.165, 1.54) is 24.5 Å². The van der Waals surface area contributed by atoms with Crippen molar-refractivity contribution in [3.63, 3.8) is 0 Å². The Morgan fingerprint density at radius 2 is 2.05 bits per heavy atom. The Hall–Kier alpha value is -2.83. The van der Waals surface area contributed by atoms with Gasteiger partial charge in [-0.25, -0.2) is 9.97 Å². The molecule has 0 aliphatic rings. The summed E-state index contributed by atoms with van der Waals surface area (Å²) >= 11 is 0. The molecule has 7 nitrogen and oxygen atoms in total. The Balaban J connectivity index is 2.31. The molecule has 102 valence electrons. The van der Waals surface area contributed by atoms with Crippen LogP contribution in [-0.2, 0) is 6.42 Å². The van der Waals surface area contributed by atoms with Gasteiger partial charge in [0, 0.05) is 18.5 Å². The lowest BCUT2D eigenvalue weighted by Gasteiger charge is -2.05. The number of nitrogens with zero attached hydrogens (tertiary/aromatic N) is 3. The lowest BCUT2D eigenvalue weighted by molar-refractivity contribution is -0.385. The van der Waals surface area contributed by atoms with Gasteiger partial charge in [0.15, 0.2) is 6.29 Å². The van der Waals surface area contributed by atoms with E-state index < -0.39 is 4.92 Å². The topological polar surface area (TPSA) is 95.2 Å². The van der Waals surface area contributed by atoms with Crippen molar-refractivity contribution in [3.8, 4) is 11.8 Å². The average Bonchev–Trinajstić information content (AvgIpc) is 2.48. The number of hydrogen-bond acceptors (Lipinski definition) is 6. The zero-order valence-electron chi connectivity index (χ0n) is 10.6. The quantitative estimate of drug-likeness (QED) is 0.472. The molecule has 7 heteroatoms. The second-order valence-corrected chi connectivity index (χ2v) is 3.93. The predicted octanol–water partition coefficient (Wildman–Crippen LogP) is 2.55. The fourth-order valence-corrected chi connectivity index (χ4v) is 1.55. The minimum Gasteiger partial charge on any atom is -0.417 e. The Morgan fingerprint density at radius 3 is 2.60 bits per heavy atom. The number of ether oxygens (including phenoxy) is 1. The fourth-order valence-electron chi connectivity index (χ4n) is 1.55. The number of benzene rings is 1. The normalized spacial score (nSPS) is 10.1. The first-order valence-electron chi connectivity index (χ1n) is 5.86. The molecule has 0 saturated heterocycles. The molecule has 0 bridgehead atoms. The molecule has 0 saturated carbocycles. The highest BCUT2D eigenvalue weighted by Crippen LogP contribution is 2.30. The highest BCUT2D eigenvalue weighted by Gasteiger charge is 2.17. The molecule has 2 aromatic rings. The number of aryl methyl sites for hydroxylation is 1. The van der Waals surface area contributed by atoms with Crippen LogP contribution < -0.4 is 4.74 Å². The number of hydrogen-bond donors (Lipinski definition) is 0. The molecule has 1 aromatic carbocycles. The number of carbonyl (C=O) groups excluding carboxylic acids is 1. The molecular weight excluding hydrogens is 262 g/mol. The molecule has 0 atom stereocenters. The highest BCUT2D eigenvalue weighted by molar-refractivity contribution is 5.73. The van der Waals surface area contributed by atoms with E-state index in [1.807, 2.05) is 6.92 Å². The molecule has 1 heterocycles. The molecule has 20 heavy (non-hydrogen) atoms. The van der Waals surface area contributed by atoms with E-state index >= 15 is 0 Å². The smallest absolute Gasteiger partial charge is 0.322 e. The van der Waals surface area contributed by atoms with Crippen molar-refractivity contribution in [2.45, 2.75) is 13.3 Å². The zero-order valence-corrected chi connectivity index (χ0v) is 10.6. The van der Waals surface area contributed by atoms with Crippen LogP contribution in [0.25, 0.3) is 0 Å². The third-order valence-corrected chi connectivity index (χ3v) is 2.61. The molecule has 0 amide bonds. The largest absolute Gasteiger partial charge is 0.417 e. The highest BCUT2D eigenvalue weighted by atomic mass is 16.6. The molecule has 1 aromatic heterocycles. The molecule has 0 aliphatic heterocycles. The van der Waals surface area contributed by atoms with Crippen LogP contribution in [0, 0.1) is 10.1 Å². The van der Waals surface area contributed by atoms with Crippen LogP contribution in [0.5, 0.6) is 11.8 Å². The van der Waals surface area contributed by atoms with Crippen molar-refractivity contribution >= 4 is 12.0 Å². The number of nitro groups is 1. The van der Waals surface area contributed by atoms with Crippen LogP contribution in [0.1, 0.15) is 22.8 Å². The summed E-state index contributed by atoms with van der Waals surface area (Å²) in [7, 11) is 0. The SMILES string of the molecule is CCc1ccc(Oc2ncc(C=O)cn2)c([N+](=O)[O-])c1. The molecule has 0 fully saturated rings. The molecule has 0 unspecified atom stereocenters. The van der Waals surface area contributed by atoms with E-state index in [-0.39, 0.29) is 17.4 Å². The van der Waals surface area contributed by atoms with E-state index in [2.05, 4.69) is 9.97 Å². The van der Waals surface area contributed by atoms with E-state index in [0.29, 0.717) is 18.3 Å². The summed E-state index contributed by atoms with van der Waals surface area (Å²) in [5.74, 6) is 0.0612. The van der Waals surface area contributed by atoms with Crippen LogP contribution in [0.2, 0.25) is 0 Å². The van der Waals surface area contributed by atoms with Crippen molar-refractivity contribution in [1.82, 2.24) is 9.97 Å². The third kappa shape index (κ3) is 2.94. The van der Waals surface area contributed by atoms with Crippen molar-refractivity contribution in [3.05, 3.63) is 51.8 Å². The number of carbonyl (C=O) groups is 1. The van der Waals surface area contributed by atoms with Gasteiger partial charge >= 0.3 is 11.7 Å². The summed E-state index contributed by atoms with van der Waals surface area (Å²) in [6.45, 7) is 1.90. The van der Waals surface area contributed by atoms with Crippen LogP contribution in [0.4, 0.5) is 5.69 Å². The first kappa shape index (κ1) is 13.6. The summed E-state index contributed by atoms with van der Waals surface area (Å²) in [5.41, 5.74) is 0.988. The van der Waals surface area contributed by atoms with Crippen molar-refractivity contribution in [2.24, 2.45) is 0 Å². The lowest BCUT2D eigenvalue weighted by Crippen LogP contribution is -1.98. The number of nitro benzene ring substituents is 1. The number of aldehydes is 1. The van der Waals surface area contributed by atoms with Gasteiger partial charge in [-0.3, -0.25) is 14.9 Å². The van der Waals surface area contributed by atoms with Crippen molar-refractivity contribution < 1.29 is 14.5 Å². The number of rotatable bonds is 5. The second-order valence-electron chi connectivity index (χ2n) is 3.93. The van der Waals surface area contributed by atoms with E-state index in [4.69, 9.17) is 4.74 Å². The zero-order chi connectivity index (χ0) is 14.5. The Bertz CT molecular complexity index is 641. The fraction of sp³-hybridized carbons (Fsp3) is 0.154. The first-order valence-corrected chi connectivity index (χ1v) is 5.86. The van der Waals surface area contributed by atoms with Crippen molar-refractivity contribution in [1.29, 1.82) is 0 Å². The average molecular weight is 273 g/mol. The minimum atomic E-state index is -0.520. The van der Waals surface area contributed by atoms with E-state index in [9.17, 15) is 14.9 Å². The van der Waals surface area contributed by atoms with E-state index in [0.717, 1.165) is 5.56 Å². The van der Waals surface area contributed by atoms with Gasteiger partial charge in [0.05, 0.1) is 10.5 Å². The number of aromatic nitrogens is 2. The minimum absolute atomic E-state index is 0.0528. The monoisotopic (exact) mass is 273 g/mol. The maximum absolute atomic E-state index is 11.0. The van der Waals surface area contributed by atoms with Crippen molar-refractivity contribution in [2.75, 3.05) is 0 Å². The predicted molar refractivity (Wildman–Crippen MR) is 70.0 cm³/mol. The maximum Gasteiger partial charge on any atom is 0.322 e. The van der Waals surface area contributed by atoms with E-state index in [1.54, 1.807) is 6.07 Å². The second kappa shape index (κ2) is 5.87. The maximum atomic E-state index is 11.0. The Kier molecular flexibility index (Phi) is 3.99. The van der Waals surface area contributed by atoms with Gasteiger partial charge in [0.2, 0.25) is 5.75 Å². The summed E-state index contributed by atoms with van der Waals surface area (Å²) < 4.78 is 5.29. The molecular formula is C13H11N3O4. The molecule has 2 rings (SSSR count).